The molecule has 4 rings (SSSR count). The first-order valence-corrected chi connectivity index (χ1v) is 9.03. The average Bonchev–Trinajstić information content (AvgIpc) is 3.28. The standard InChI is InChI=1S/C19H14BrN7/c1-13-17(11-21)18(27(23-13)16-5-3-2-4-6-16)12-26-24-19(22-25-26)14-7-9-15(20)10-8-14/h2-10H,12H2,1H3. The molecular weight excluding hydrogens is 406 g/mol. The van der Waals surface area contributed by atoms with Crippen LogP contribution >= 0.6 is 15.9 Å². The summed E-state index contributed by atoms with van der Waals surface area (Å²) in [4.78, 5) is 1.48. The molecule has 0 unspecified atom stereocenters. The number of aromatic nitrogens is 6. The molecular formula is C19H14BrN7. The maximum absolute atomic E-state index is 9.57. The molecule has 0 spiro atoms. The van der Waals surface area contributed by atoms with Crippen LogP contribution in [0.2, 0.25) is 0 Å². The highest BCUT2D eigenvalue weighted by atomic mass is 79.9. The van der Waals surface area contributed by atoms with Gasteiger partial charge in [0.1, 0.15) is 12.6 Å². The lowest BCUT2D eigenvalue weighted by Gasteiger charge is -2.07. The summed E-state index contributed by atoms with van der Waals surface area (Å²) in [5.41, 5.74) is 3.68. The van der Waals surface area contributed by atoms with Gasteiger partial charge in [-0.05, 0) is 48.5 Å². The molecule has 0 radical (unpaired) electrons. The van der Waals surface area contributed by atoms with Crippen molar-refractivity contribution in [1.29, 1.82) is 5.26 Å². The van der Waals surface area contributed by atoms with Gasteiger partial charge >= 0.3 is 0 Å². The SMILES string of the molecule is Cc1nn(-c2ccccc2)c(Cn2nnc(-c3ccc(Br)cc3)n2)c1C#N. The molecule has 8 heteroatoms. The van der Waals surface area contributed by atoms with E-state index < -0.39 is 0 Å². The van der Waals surface area contributed by atoms with Gasteiger partial charge in [-0.2, -0.15) is 15.2 Å². The molecule has 0 atom stereocenters. The Hall–Kier alpha value is -3.31. The Morgan fingerprint density at radius 3 is 2.48 bits per heavy atom. The molecule has 0 amide bonds. The molecule has 2 aromatic carbocycles. The van der Waals surface area contributed by atoms with Gasteiger partial charge in [0, 0.05) is 10.0 Å². The van der Waals surface area contributed by atoms with E-state index in [1.165, 1.54) is 4.80 Å². The smallest absolute Gasteiger partial charge is 0.204 e. The van der Waals surface area contributed by atoms with Crippen LogP contribution < -0.4 is 0 Å². The van der Waals surface area contributed by atoms with Crippen LogP contribution in [0.1, 0.15) is 17.0 Å². The molecule has 4 aromatic rings. The number of halogens is 1. The maximum Gasteiger partial charge on any atom is 0.204 e. The first-order chi connectivity index (χ1) is 13.2. The summed E-state index contributed by atoms with van der Waals surface area (Å²) in [5.74, 6) is 0.531. The van der Waals surface area contributed by atoms with Crippen molar-refractivity contribution in [3.63, 3.8) is 0 Å². The van der Waals surface area contributed by atoms with Crippen molar-refractivity contribution in [2.24, 2.45) is 0 Å². The minimum atomic E-state index is 0.294. The molecule has 27 heavy (non-hydrogen) atoms. The Balaban J connectivity index is 1.71. The van der Waals surface area contributed by atoms with Crippen molar-refractivity contribution in [3.05, 3.63) is 76.0 Å². The van der Waals surface area contributed by atoms with Crippen molar-refractivity contribution in [2.45, 2.75) is 13.5 Å². The molecule has 0 aliphatic heterocycles. The second kappa shape index (κ2) is 7.13. The third-order valence-electron chi connectivity index (χ3n) is 4.12. The summed E-state index contributed by atoms with van der Waals surface area (Å²) in [6.07, 6.45) is 0. The van der Waals surface area contributed by atoms with Crippen LogP contribution in [-0.2, 0) is 6.54 Å². The van der Waals surface area contributed by atoms with Gasteiger partial charge in [0.2, 0.25) is 5.82 Å². The first kappa shape index (κ1) is 17.1. The van der Waals surface area contributed by atoms with Crippen LogP contribution in [0.4, 0.5) is 0 Å². The van der Waals surface area contributed by atoms with E-state index in [4.69, 9.17) is 0 Å². The van der Waals surface area contributed by atoms with E-state index in [-0.39, 0.29) is 0 Å². The fourth-order valence-corrected chi connectivity index (χ4v) is 3.07. The van der Waals surface area contributed by atoms with Crippen molar-refractivity contribution in [2.75, 3.05) is 0 Å². The highest BCUT2D eigenvalue weighted by Gasteiger charge is 2.18. The molecule has 7 nitrogen and oxygen atoms in total. The zero-order valence-electron chi connectivity index (χ0n) is 14.4. The van der Waals surface area contributed by atoms with E-state index in [1.54, 1.807) is 4.68 Å². The Morgan fingerprint density at radius 2 is 1.78 bits per heavy atom. The Kier molecular flexibility index (Phi) is 4.52. The van der Waals surface area contributed by atoms with Gasteiger partial charge in [-0.1, -0.05) is 34.1 Å². The molecule has 0 fully saturated rings. The van der Waals surface area contributed by atoms with Gasteiger partial charge < -0.3 is 0 Å². The monoisotopic (exact) mass is 419 g/mol. The highest BCUT2D eigenvalue weighted by Crippen LogP contribution is 2.20. The van der Waals surface area contributed by atoms with Crippen LogP contribution in [0.3, 0.4) is 0 Å². The van der Waals surface area contributed by atoms with Gasteiger partial charge in [0.05, 0.1) is 22.6 Å². The largest absolute Gasteiger partial charge is 0.234 e. The van der Waals surface area contributed by atoms with E-state index in [9.17, 15) is 5.26 Å². The van der Waals surface area contributed by atoms with Crippen molar-refractivity contribution in [3.8, 4) is 23.1 Å². The van der Waals surface area contributed by atoms with Gasteiger partial charge in [0.15, 0.2) is 0 Å². The van der Waals surface area contributed by atoms with Gasteiger partial charge in [-0.15, -0.1) is 10.2 Å². The molecule has 0 N–H and O–H groups in total. The predicted molar refractivity (Wildman–Crippen MR) is 103 cm³/mol. The minimum Gasteiger partial charge on any atom is -0.234 e. The lowest BCUT2D eigenvalue weighted by molar-refractivity contribution is 0.552. The first-order valence-electron chi connectivity index (χ1n) is 8.23. The quantitative estimate of drug-likeness (QED) is 0.505. The Bertz CT molecular complexity index is 1120. The Labute approximate surface area is 164 Å². The predicted octanol–water partition coefficient (Wildman–Crippen LogP) is 3.52. The summed E-state index contributed by atoms with van der Waals surface area (Å²) in [6, 6.07) is 19.6. The number of para-hydroxylation sites is 1. The number of nitriles is 1. The number of hydrogen-bond donors (Lipinski definition) is 0. The number of nitrogens with zero attached hydrogens (tertiary/aromatic N) is 7. The van der Waals surface area contributed by atoms with Gasteiger partial charge in [-0.3, -0.25) is 0 Å². The summed E-state index contributed by atoms with van der Waals surface area (Å²) in [7, 11) is 0. The summed E-state index contributed by atoms with van der Waals surface area (Å²) >= 11 is 3.41. The molecule has 0 aliphatic carbocycles. The summed E-state index contributed by atoms with van der Waals surface area (Å²) in [5, 5.41) is 26.8. The third kappa shape index (κ3) is 3.37. The molecule has 0 bridgehead atoms. The van der Waals surface area contributed by atoms with Crippen molar-refractivity contribution >= 4 is 15.9 Å². The van der Waals surface area contributed by atoms with Crippen molar-refractivity contribution in [1.82, 2.24) is 30.0 Å². The van der Waals surface area contributed by atoms with E-state index in [2.05, 4.69) is 42.5 Å². The molecule has 0 saturated heterocycles. The fraction of sp³-hybridized carbons (Fsp3) is 0.105. The molecule has 0 aliphatic rings. The minimum absolute atomic E-state index is 0.294. The van der Waals surface area contributed by atoms with Crippen LogP contribution in [0.5, 0.6) is 0 Å². The maximum atomic E-state index is 9.57. The van der Waals surface area contributed by atoms with Crippen LogP contribution in [0.25, 0.3) is 17.1 Å². The number of hydrogen-bond acceptors (Lipinski definition) is 5. The number of rotatable bonds is 4. The zero-order valence-corrected chi connectivity index (χ0v) is 16.0. The Morgan fingerprint density at radius 1 is 1.04 bits per heavy atom. The van der Waals surface area contributed by atoms with Gasteiger partial charge in [-0.25, -0.2) is 4.68 Å². The normalized spacial score (nSPS) is 10.7. The third-order valence-corrected chi connectivity index (χ3v) is 4.64. The molecule has 2 heterocycles. The number of aryl methyl sites for hydroxylation is 1. The van der Waals surface area contributed by atoms with Gasteiger partial charge in [0.25, 0.3) is 0 Å². The summed E-state index contributed by atoms with van der Waals surface area (Å²) in [6.45, 7) is 2.12. The van der Waals surface area contributed by atoms with Crippen LogP contribution in [0.15, 0.2) is 59.1 Å². The number of benzene rings is 2. The van der Waals surface area contributed by atoms with E-state index in [0.717, 1.165) is 21.4 Å². The second-order valence-corrected chi connectivity index (χ2v) is 6.83. The van der Waals surface area contributed by atoms with Crippen LogP contribution in [0, 0.1) is 18.3 Å². The zero-order chi connectivity index (χ0) is 18.8. The highest BCUT2D eigenvalue weighted by molar-refractivity contribution is 9.10. The molecule has 2 aromatic heterocycles. The topological polar surface area (TPSA) is 85.2 Å². The summed E-state index contributed by atoms with van der Waals surface area (Å²) < 4.78 is 2.75. The fourth-order valence-electron chi connectivity index (χ4n) is 2.81. The van der Waals surface area contributed by atoms with E-state index in [0.29, 0.717) is 23.6 Å². The second-order valence-electron chi connectivity index (χ2n) is 5.92. The van der Waals surface area contributed by atoms with E-state index >= 15 is 0 Å². The lowest BCUT2D eigenvalue weighted by atomic mass is 10.2. The van der Waals surface area contributed by atoms with E-state index in [1.807, 2.05) is 61.5 Å². The molecule has 0 saturated carbocycles. The van der Waals surface area contributed by atoms with Crippen LogP contribution in [-0.4, -0.2) is 30.0 Å². The average molecular weight is 420 g/mol. The van der Waals surface area contributed by atoms with Crippen molar-refractivity contribution < 1.29 is 0 Å². The lowest BCUT2D eigenvalue weighted by Crippen LogP contribution is -2.11. The molecule has 132 valence electrons. The number of tetrazole rings is 1.